The molecule has 0 unspecified atom stereocenters. The largest absolute Gasteiger partial charge is 0.506 e. The second-order valence-corrected chi connectivity index (χ2v) is 4.94. The molecule has 0 aliphatic carbocycles. The third-order valence-electron chi connectivity index (χ3n) is 3.27. The fraction of sp³-hybridized carbons (Fsp3) is 0. The van der Waals surface area contributed by atoms with Crippen LogP contribution in [0.15, 0.2) is 53.3 Å². The maximum atomic E-state index is 12.2. The molecule has 126 valence electrons. The number of aromatic amines is 1. The molecule has 10 heteroatoms. The zero-order chi connectivity index (χ0) is 18.0. The molecule has 3 N–H and O–H groups in total. The van der Waals surface area contributed by atoms with Crippen LogP contribution in [0.3, 0.4) is 0 Å². The van der Waals surface area contributed by atoms with Gasteiger partial charge in [0, 0.05) is 12.1 Å². The maximum absolute atomic E-state index is 12.2. The molecule has 0 atom stereocenters. The smallest absolute Gasteiger partial charge is 0.348 e. The highest BCUT2D eigenvalue weighted by atomic mass is 16.6. The summed E-state index contributed by atoms with van der Waals surface area (Å²) in [6, 6.07) is 11.6. The van der Waals surface area contributed by atoms with Crippen LogP contribution in [0.4, 0.5) is 11.4 Å². The number of nitrogens with one attached hydrogen (secondary N) is 2. The summed E-state index contributed by atoms with van der Waals surface area (Å²) in [7, 11) is 0. The number of phenols is 1. The van der Waals surface area contributed by atoms with Gasteiger partial charge in [0.1, 0.15) is 5.75 Å². The van der Waals surface area contributed by atoms with Crippen molar-refractivity contribution in [3.63, 3.8) is 0 Å². The highest BCUT2D eigenvalue weighted by molar-refractivity contribution is 6.02. The van der Waals surface area contributed by atoms with Crippen molar-refractivity contribution < 1.29 is 14.8 Å². The molecule has 0 aliphatic heterocycles. The molecule has 0 fully saturated rings. The van der Waals surface area contributed by atoms with Gasteiger partial charge in [-0.05, 0) is 18.2 Å². The van der Waals surface area contributed by atoms with Crippen LogP contribution in [0.2, 0.25) is 0 Å². The monoisotopic (exact) mass is 341 g/mol. The number of hydrogen-bond acceptors (Lipinski definition) is 6. The summed E-state index contributed by atoms with van der Waals surface area (Å²) in [4.78, 5) is 36.5. The molecule has 25 heavy (non-hydrogen) atoms. The average Bonchev–Trinajstić information content (AvgIpc) is 2.99. The number of H-pyrrole nitrogens is 1. The SMILES string of the molecule is O=C(Nc1cc([N+](=O)[O-])ccc1O)c1nn(-c2ccccc2)c(=O)[nH]1. The zero-order valence-corrected chi connectivity index (χ0v) is 12.5. The van der Waals surface area contributed by atoms with E-state index in [9.17, 15) is 24.8 Å². The van der Waals surface area contributed by atoms with Crippen molar-refractivity contribution >= 4 is 17.3 Å². The van der Waals surface area contributed by atoms with Crippen LogP contribution < -0.4 is 11.0 Å². The van der Waals surface area contributed by atoms with Gasteiger partial charge in [-0.2, -0.15) is 4.68 Å². The van der Waals surface area contributed by atoms with Crippen LogP contribution in [0, 0.1) is 10.1 Å². The van der Waals surface area contributed by atoms with Crippen molar-refractivity contribution in [2.75, 3.05) is 5.32 Å². The number of para-hydroxylation sites is 1. The zero-order valence-electron chi connectivity index (χ0n) is 12.5. The predicted octanol–water partition coefficient (Wildman–Crippen LogP) is 1.43. The number of nitro benzene ring substituents is 1. The van der Waals surface area contributed by atoms with Crippen molar-refractivity contribution in [3.05, 3.63) is 75.0 Å². The van der Waals surface area contributed by atoms with Gasteiger partial charge < -0.3 is 10.4 Å². The van der Waals surface area contributed by atoms with E-state index in [2.05, 4.69) is 15.4 Å². The number of nitro groups is 1. The van der Waals surface area contributed by atoms with E-state index >= 15 is 0 Å². The average molecular weight is 341 g/mol. The van der Waals surface area contributed by atoms with E-state index in [1.165, 1.54) is 0 Å². The highest BCUT2D eigenvalue weighted by Crippen LogP contribution is 2.27. The number of nitrogens with zero attached hydrogens (tertiary/aromatic N) is 3. The van der Waals surface area contributed by atoms with Crippen molar-refractivity contribution in [2.45, 2.75) is 0 Å². The Morgan fingerprint density at radius 3 is 2.64 bits per heavy atom. The molecule has 0 spiro atoms. The maximum Gasteiger partial charge on any atom is 0.348 e. The molecule has 10 nitrogen and oxygen atoms in total. The lowest BCUT2D eigenvalue weighted by Gasteiger charge is -2.05. The standard InChI is InChI=1S/C15H11N5O5/c21-12-7-6-10(20(24)25)8-11(12)16-14(22)13-17-15(23)19(18-13)9-4-2-1-3-5-9/h1-8,21H,(H,16,22)(H,17,18,23). The van der Waals surface area contributed by atoms with Crippen LogP contribution in [-0.4, -0.2) is 30.7 Å². The predicted molar refractivity (Wildman–Crippen MR) is 86.9 cm³/mol. The summed E-state index contributed by atoms with van der Waals surface area (Å²) in [5.41, 5.74) is -0.647. The lowest BCUT2D eigenvalue weighted by molar-refractivity contribution is -0.384. The Kier molecular flexibility index (Phi) is 4.00. The van der Waals surface area contributed by atoms with Gasteiger partial charge in [0.15, 0.2) is 0 Å². The summed E-state index contributed by atoms with van der Waals surface area (Å²) >= 11 is 0. The second-order valence-electron chi connectivity index (χ2n) is 4.94. The first-order valence-corrected chi connectivity index (χ1v) is 6.99. The molecule has 1 aromatic heterocycles. The van der Waals surface area contributed by atoms with Gasteiger partial charge in [-0.1, -0.05) is 18.2 Å². The number of amides is 1. The summed E-state index contributed by atoms with van der Waals surface area (Å²) < 4.78 is 1.00. The molecule has 0 saturated heterocycles. The molecule has 1 heterocycles. The number of non-ortho nitro benzene ring substituents is 1. The minimum atomic E-state index is -0.831. The number of anilines is 1. The Morgan fingerprint density at radius 1 is 1.24 bits per heavy atom. The van der Waals surface area contributed by atoms with Gasteiger partial charge in [-0.25, -0.2) is 4.79 Å². The molecule has 0 aliphatic rings. The summed E-state index contributed by atoms with van der Waals surface area (Å²) in [5.74, 6) is -1.49. The van der Waals surface area contributed by atoms with Gasteiger partial charge in [-0.15, -0.1) is 5.10 Å². The Balaban J connectivity index is 1.89. The van der Waals surface area contributed by atoms with Crippen LogP contribution >= 0.6 is 0 Å². The first-order chi connectivity index (χ1) is 12.0. The second kappa shape index (κ2) is 6.28. The van der Waals surface area contributed by atoms with Crippen LogP contribution in [0.5, 0.6) is 5.75 Å². The van der Waals surface area contributed by atoms with Crippen LogP contribution in [-0.2, 0) is 0 Å². The van der Waals surface area contributed by atoms with Gasteiger partial charge >= 0.3 is 5.69 Å². The summed E-state index contributed by atoms with van der Waals surface area (Å²) in [6.45, 7) is 0. The van der Waals surface area contributed by atoms with Crippen molar-refractivity contribution in [2.24, 2.45) is 0 Å². The molecular formula is C15H11N5O5. The van der Waals surface area contributed by atoms with Crippen LogP contribution in [0.1, 0.15) is 10.6 Å². The number of aromatic hydroxyl groups is 1. The minimum absolute atomic E-state index is 0.172. The normalized spacial score (nSPS) is 10.4. The molecule has 2 aromatic carbocycles. The lowest BCUT2D eigenvalue weighted by atomic mass is 10.2. The first kappa shape index (κ1) is 15.9. The summed E-state index contributed by atoms with van der Waals surface area (Å²) in [6.07, 6.45) is 0. The highest BCUT2D eigenvalue weighted by Gasteiger charge is 2.17. The molecule has 3 rings (SSSR count). The number of carbonyl (C=O) groups excluding carboxylic acids is 1. The number of rotatable bonds is 4. The molecule has 3 aromatic rings. The van der Waals surface area contributed by atoms with E-state index in [0.717, 1.165) is 22.9 Å². The van der Waals surface area contributed by atoms with E-state index in [1.807, 2.05) is 0 Å². The van der Waals surface area contributed by atoms with Gasteiger partial charge in [0.05, 0.1) is 16.3 Å². The third-order valence-corrected chi connectivity index (χ3v) is 3.27. The first-order valence-electron chi connectivity index (χ1n) is 6.99. The van der Waals surface area contributed by atoms with E-state index in [0.29, 0.717) is 5.69 Å². The quantitative estimate of drug-likeness (QED) is 0.372. The Labute approximate surface area is 139 Å². The number of aromatic nitrogens is 3. The number of benzene rings is 2. The van der Waals surface area contributed by atoms with Gasteiger partial charge in [0.25, 0.3) is 11.6 Å². The lowest BCUT2D eigenvalue weighted by Crippen LogP contribution is -2.15. The van der Waals surface area contributed by atoms with E-state index in [-0.39, 0.29) is 22.9 Å². The molecule has 0 bridgehead atoms. The summed E-state index contributed by atoms with van der Waals surface area (Å²) in [5, 5.41) is 26.6. The molecule has 0 radical (unpaired) electrons. The molecular weight excluding hydrogens is 330 g/mol. The number of hydrogen-bond donors (Lipinski definition) is 3. The number of phenolic OH excluding ortho intramolecular Hbond substituents is 1. The topological polar surface area (TPSA) is 143 Å². The fourth-order valence-electron chi connectivity index (χ4n) is 2.09. The molecule has 1 amide bonds. The van der Waals surface area contributed by atoms with Gasteiger partial charge in [0.2, 0.25) is 5.82 Å². The Bertz CT molecular complexity index is 1010. The Morgan fingerprint density at radius 2 is 1.96 bits per heavy atom. The van der Waals surface area contributed by atoms with Crippen molar-refractivity contribution in [1.82, 2.24) is 14.8 Å². The van der Waals surface area contributed by atoms with E-state index in [4.69, 9.17) is 0 Å². The fourth-order valence-corrected chi connectivity index (χ4v) is 2.09. The van der Waals surface area contributed by atoms with Crippen molar-refractivity contribution in [3.8, 4) is 11.4 Å². The third kappa shape index (κ3) is 3.22. The van der Waals surface area contributed by atoms with Crippen LogP contribution in [0.25, 0.3) is 5.69 Å². The number of carbonyl (C=O) groups is 1. The Hall–Kier alpha value is -3.95. The molecule has 0 saturated carbocycles. The minimum Gasteiger partial charge on any atom is -0.506 e. The van der Waals surface area contributed by atoms with E-state index < -0.39 is 16.5 Å². The van der Waals surface area contributed by atoms with E-state index in [1.54, 1.807) is 30.3 Å². The van der Waals surface area contributed by atoms with Crippen molar-refractivity contribution in [1.29, 1.82) is 0 Å². The van der Waals surface area contributed by atoms with Gasteiger partial charge in [-0.3, -0.25) is 19.9 Å².